The summed E-state index contributed by atoms with van der Waals surface area (Å²) >= 11 is 0. The summed E-state index contributed by atoms with van der Waals surface area (Å²) < 4.78 is 0. The van der Waals surface area contributed by atoms with Crippen molar-refractivity contribution in [1.82, 2.24) is 0 Å². The van der Waals surface area contributed by atoms with Gasteiger partial charge in [-0.2, -0.15) is 0 Å². The van der Waals surface area contributed by atoms with Crippen molar-refractivity contribution in [3.63, 3.8) is 0 Å². The lowest BCUT2D eigenvalue weighted by atomic mass is 9.73. The van der Waals surface area contributed by atoms with E-state index in [1.54, 1.807) is 0 Å². The smallest absolute Gasteiger partial charge is 0.0561 e. The van der Waals surface area contributed by atoms with Gasteiger partial charge in [0.1, 0.15) is 0 Å². The summed E-state index contributed by atoms with van der Waals surface area (Å²) in [6.07, 6.45) is 0. The van der Waals surface area contributed by atoms with Gasteiger partial charge in [0, 0.05) is 32.9 Å². The van der Waals surface area contributed by atoms with Crippen molar-refractivity contribution in [2.45, 2.75) is 59.3 Å². The van der Waals surface area contributed by atoms with Crippen LogP contribution in [0.1, 0.15) is 65.2 Å². The molecule has 2 nitrogen and oxygen atoms in total. The molecule has 0 bridgehead atoms. The normalized spacial score (nSPS) is 13.5. The number of para-hydroxylation sites is 4. The Morgan fingerprint density at radius 3 is 1.47 bits per heavy atom. The third-order valence-electron chi connectivity index (χ3n) is 10.7. The Kier molecular flexibility index (Phi) is 7.87. The quantitative estimate of drug-likeness (QED) is 0.173. The van der Waals surface area contributed by atoms with Crippen LogP contribution in [0.25, 0.3) is 32.3 Å². The summed E-state index contributed by atoms with van der Waals surface area (Å²) in [5.74, 6) is 0. The monoisotopic (exact) mass is 662 g/mol. The van der Waals surface area contributed by atoms with Crippen LogP contribution in [0.15, 0.2) is 152 Å². The molecule has 0 saturated carbocycles. The molecule has 0 saturated heterocycles. The molecule has 0 fully saturated rings. The molecule has 1 heterocycles. The van der Waals surface area contributed by atoms with E-state index in [-0.39, 0.29) is 10.8 Å². The van der Waals surface area contributed by atoms with Crippen LogP contribution < -0.4 is 9.80 Å². The number of benzene rings is 8. The minimum absolute atomic E-state index is 0.0478. The highest BCUT2D eigenvalue weighted by Crippen LogP contribution is 2.55. The Labute approximate surface area is 302 Å². The van der Waals surface area contributed by atoms with Crippen LogP contribution in [0.3, 0.4) is 0 Å². The minimum atomic E-state index is -0.139. The predicted molar refractivity (Wildman–Crippen MR) is 222 cm³/mol. The molecule has 9 rings (SSSR count). The highest BCUT2D eigenvalue weighted by atomic mass is 15.2. The van der Waals surface area contributed by atoms with Crippen LogP contribution in [0.4, 0.5) is 34.1 Å². The number of rotatable bonds is 4. The Bertz CT molecular complexity index is 2400. The zero-order valence-corrected chi connectivity index (χ0v) is 30.8. The van der Waals surface area contributed by atoms with E-state index in [4.69, 9.17) is 0 Å². The maximum Gasteiger partial charge on any atom is 0.0561 e. The maximum atomic E-state index is 2.53. The maximum absolute atomic E-state index is 2.53. The van der Waals surface area contributed by atoms with Gasteiger partial charge in [-0.3, -0.25) is 0 Å². The molecule has 2 heteroatoms. The van der Waals surface area contributed by atoms with Crippen LogP contribution in [0, 0.1) is 0 Å². The Morgan fingerprint density at radius 2 is 0.961 bits per heavy atom. The third-order valence-corrected chi connectivity index (χ3v) is 10.7. The molecule has 0 aromatic heterocycles. The first-order chi connectivity index (χ1) is 24.7. The molecule has 0 atom stereocenters. The van der Waals surface area contributed by atoms with E-state index < -0.39 is 0 Å². The molecular weight excluding hydrogens is 617 g/mol. The van der Waals surface area contributed by atoms with Crippen LogP contribution in [0.2, 0.25) is 0 Å². The van der Waals surface area contributed by atoms with Gasteiger partial charge in [-0.15, -0.1) is 0 Å². The number of hydrogen-bond donors (Lipinski definition) is 0. The first-order valence-electron chi connectivity index (χ1n) is 18.4. The second kappa shape index (κ2) is 12.3. The Balaban J connectivity index is 0.00000184. The van der Waals surface area contributed by atoms with E-state index in [0.29, 0.717) is 0 Å². The third kappa shape index (κ3) is 5.16. The van der Waals surface area contributed by atoms with Gasteiger partial charge >= 0.3 is 0 Å². The van der Waals surface area contributed by atoms with Crippen molar-refractivity contribution in [3.05, 3.63) is 168 Å². The van der Waals surface area contributed by atoms with Crippen molar-refractivity contribution < 1.29 is 0 Å². The lowest BCUT2D eigenvalue weighted by Gasteiger charge is -2.42. The lowest BCUT2D eigenvalue weighted by Crippen LogP contribution is -2.30. The fourth-order valence-electron chi connectivity index (χ4n) is 8.19. The van der Waals surface area contributed by atoms with Gasteiger partial charge in [-0.1, -0.05) is 158 Å². The molecule has 8 aromatic carbocycles. The molecule has 51 heavy (non-hydrogen) atoms. The predicted octanol–water partition coefficient (Wildman–Crippen LogP) is 14.5. The zero-order chi connectivity index (χ0) is 35.5. The summed E-state index contributed by atoms with van der Waals surface area (Å²) in [6, 6.07) is 56.2. The molecule has 1 aliphatic heterocycles. The van der Waals surface area contributed by atoms with Crippen molar-refractivity contribution in [2.75, 3.05) is 9.80 Å². The standard InChI is InChI=1S/C47H40N2.C2H6/c1-46(2,3)33-28-31-24-26-36-42(48(34-16-8-6-9-17-34)35-18-10-7-11-19-35)30-43(37-27-25-32(29-33)44(31)45(36)37)49-40-22-14-12-20-38(40)47(4,5)39-21-13-15-23-41(39)49;1-2/h6-30H,1-5H3;1-2H3. The molecule has 0 N–H and O–H groups in total. The molecule has 0 aliphatic carbocycles. The average molecular weight is 663 g/mol. The molecule has 1 aliphatic rings. The molecule has 8 aromatic rings. The number of anilines is 6. The minimum Gasteiger partial charge on any atom is -0.310 e. The van der Waals surface area contributed by atoms with Gasteiger partial charge in [-0.05, 0) is 80.7 Å². The lowest BCUT2D eigenvalue weighted by molar-refractivity contribution is 0.591. The van der Waals surface area contributed by atoms with Gasteiger partial charge in [0.2, 0.25) is 0 Å². The molecular formula is C49H46N2. The Morgan fingerprint density at radius 1 is 0.490 bits per heavy atom. The van der Waals surface area contributed by atoms with Crippen molar-refractivity contribution in [3.8, 4) is 0 Å². The SMILES string of the molecule is CC.CC(C)(C)c1cc2ccc3c(N(c4ccccc4)c4ccccc4)cc(N4c5ccccc5C(C)(C)c5ccccc54)c4ccc(c1)c2c34. The molecule has 0 amide bonds. The zero-order valence-electron chi connectivity index (χ0n) is 30.8. The molecule has 0 radical (unpaired) electrons. The highest BCUT2D eigenvalue weighted by molar-refractivity contribution is 6.29. The first-order valence-corrected chi connectivity index (χ1v) is 18.4. The van der Waals surface area contributed by atoms with E-state index >= 15 is 0 Å². The second-order valence-electron chi connectivity index (χ2n) is 15.1. The number of fused-ring (bicyclic) bond motifs is 2. The van der Waals surface area contributed by atoms with E-state index in [2.05, 4.69) is 196 Å². The Hall–Kier alpha value is -5.60. The fourth-order valence-corrected chi connectivity index (χ4v) is 8.19. The van der Waals surface area contributed by atoms with Gasteiger partial charge in [0.15, 0.2) is 0 Å². The highest BCUT2D eigenvalue weighted by Gasteiger charge is 2.37. The summed E-state index contributed by atoms with van der Waals surface area (Å²) in [4.78, 5) is 4.96. The van der Waals surface area contributed by atoms with E-state index in [9.17, 15) is 0 Å². The van der Waals surface area contributed by atoms with Crippen molar-refractivity contribution >= 4 is 66.4 Å². The van der Waals surface area contributed by atoms with Crippen LogP contribution in [0.5, 0.6) is 0 Å². The van der Waals surface area contributed by atoms with Crippen molar-refractivity contribution in [1.29, 1.82) is 0 Å². The molecule has 0 unspecified atom stereocenters. The summed E-state index contributed by atoms with van der Waals surface area (Å²) in [7, 11) is 0. The van der Waals surface area contributed by atoms with Crippen LogP contribution in [-0.4, -0.2) is 0 Å². The molecule has 252 valence electrons. The van der Waals surface area contributed by atoms with Gasteiger partial charge in [-0.25, -0.2) is 0 Å². The summed E-state index contributed by atoms with van der Waals surface area (Å²) in [6.45, 7) is 15.6. The van der Waals surface area contributed by atoms with Crippen LogP contribution in [-0.2, 0) is 10.8 Å². The van der Waals surface area contributed by atoms with Crippen molar-refractivity contribution in [2.24, 2.45) is 0 Å². The van der Waals surface area contributed by atoms with Gasteiger partial charge in [0.05, 0.1) is 22.7 Å². The number of nitrogens with zero attached hydrogens (tertiary/aromatic N) is 2. The van der Waals surface area contributed by atoms with Crippen LogP contribution >= 0.6 is 0 Å². The molecule has 0 spiro atoms. The fraction of sp³-hybridized carbons (Fsp3) is 0.184. The second-order valence-corrected chi connectivity index (χ2v) is 15.1. The number of hydrogen-bond acceptors (Lipinski definition) is 2. The van der Waals surface area contributed by atoms with E-state index in [1.807, 2.05) is 13.8 Å². The van der Waals surface area contributed by atoms with Gasteiger partial charge < -0.3 is 9.80 Å². The van der Waals surface area contributed by atoms with Gasteiger partial charge in [0.25, 0.3) is 0 Å². The summed E-state index contributed by atoms with van der Waals surface area (Å²) in [5, 5.41) is 7.70. The largest absolute Gasteiger partial charge is 0.310 e. The summed E-state index contributed by atoms with van der Waals surface area (Å²) in [5.41, 5.74) is 11.0. The average Bonchev–Trinajstić information content (AvgIpc) is 3.16. The van der Waals surface area contributed by atoms with E-state index in [0.717, 1.165) is 17.1 Å². The van der Waals surface area contributed by atoms with E-state index in [1.165, 1.54) is 66.1 Å². The first kappa shape index (κ1) is 32.6. The topological polar surface area (TPSA) is 6.48 Å².